The Kier molecular flexibility index (Phi) is 5.31. The normalized spacial score (nSPS) is 17.5. The van der Waals surface area contributed by atoms with E-state index in [4.69, 9.17) is 0 Å². The predicted molar refractivity (Wildman–Crippen MR) is 112 cm³/mol. The molecule has 0 aromatic heterocycles. The Morgan fingerprint density at radius 2 is 1.90 bits per heavy atom. The number of anilines is 1. The minimum absolute atomic E-state index is 0.0414. The number of carbonyl (C=O) groups is 1. The van der Waals surface area contributed by atoms with Crippen LogP contribution < -0.4 is 16.2 Å². The van der Waals surface area contributed by atoms with Gasteiger partial charge in [-0.2, -0.15) is 13.2 Å². The van der Waals surface area contributed by atoms with Crippen LogP contribution in [0, 0.1) is 0 Å². The molecule has 30 heavy (non-hydrogen) atoms. The number of nitrogens with zero attached hydrogens (tertiary/aromatic N) is 1. The van der Waals surface area contributed by atoms with Crippen molar-refractivity contribution in [2.24, 2.45) is 4.99 Å². The van der Waals surface area contributed by atoms with Gasteiger partial charge in [-0.15, -0.1) is 0 Å². The number of rotatable bonds is 4. The fourth-order valence-corrected chi connectivity index (χ4v) is 3.93. The third-order valence-corrected chi connectivity index (χ3v) is 5.58. The highest BCUT2D eigenvalue weighted by Crippen LogP contribution is 2.46. The molecule has 2 aromatic carbocycles. The average Bonchev–Trinajstić information content (AvgIpc) is 3.02. The molecular weight excluding hydrogens is 461 g/mol. The molecule has 0 bridgehead atoms. The molecule has 0 spiro atoms. The molecule has 1 atom stereocenters. The standard InChI is InChI=1S/C21H18BrF3N4O/c1-2-3-14-16-10-11(21(23,24)25)4-9-15(16)17-18(14)28-29-19(27-17)20(30)26-13-7-5-12(22)6-8-13/h4-10,14,28H,2-3H2,1H3,(H,26,30)(H,27,29)/t14-/m0/s1. The van der Waals surface area contributed by atoms with Crippen LogP contribution in [0.3, 0.4) is 0 Å². The molecule has 2 aliphatic rings. The molecular formula is C21H18BrF3N4O. The average molecular weight is 479 g/mol. The second kappa shape index (κ2) is 7.79. The lowest BCUT2D eigenvalue weighted by Crippen LogP contribution is -2.46. The number of halogens is 4. The predicted octanol–water partition coefficient (Wildman–Crippen LogP) is 5.18. The Hall–Kier alpha value is -2.81. The maximum Gasteiger partial charge on any atom is 0.416 e. The minimum Gasteiger partial charge on any atom is -0.319 e. The van der Waals surface area contributed by atoms with Crippen LogP contribution in [-0.2, 0) is 11.0 Å². The smallest absolute Gasteiger partial charge is 0.319 e. The van der Waals surface area contributed by atoms with Gasteiger partial charge in [-0.25, -0.2) is 4.99 Å². The fourth-order valence-electron chi connectivity index (χ4n) is 3.66. The summed E-state index contributed by atoms with van der Waals surface area (Å²) < 4.78 is 40.5. The number of fused-ring (bicyclic) bond motifs is 2. The summed E-state index contributed by atoms with van der Waals surface area (Å²) in [7, 11) is 0. The van der Waals surface area contributed by atoms with Gasteiger partial charge in [-0.1, -0.05) is 35.3 Å². The van der Waals surface area contributed by atoms with Gasteiger partial charge in [0.25, 0.3) is 5.91 Å². The van der Waals surface area contributed by atoms with E-state index in [-0.39, 0.29) is 11.8 Å². The molecule has 0 unspecified atom stereocenters. The van der Waals surface area contributed by atoms with E-state index in [1.807, 2.05) is 6.92 Å². The molecule has 3 N–H and O–H groups in total. The number of hydrogen-bond donors (Lipinski definition) is 3. The van der Waals surface area contributed by atoms with Crippen LogP contribution in [0.2, 0.25) is 0 Å². The van der Waals surface area contributed by atoms with Gasteiger partial charge in [0.15, 0.2) is 0 Å². The van der Waals surface area contributed by atoms with Crippen LogP contribution >= 0.6 is 15.9 Å². The van der Waals surface area contributed by atoms with Gasteiger partial charge >= 0.3 is 6.18 Å². The van der Waals surface area contributed by atoms with E-state index >= 15 is 0 Å². The van der Waals surface area contributed by atoms with Gasteiger partial charge in [0, 0.05) is 21.6 Å². The van der Waals surface area contributed by atoms with Crippen LogP contribution in [0.15, 0.2) is 57.6 Å². The first-order chi connectivity index (χ1) is 14.3. The van der Waals surface area contributed by atoms with Crippen molar-refractivity contribution in [2.45, 2.75) is 31.9 Å². The Balaban J connectivity index is 1.67. The first kappa shape index (κ1) is 20.5. The Bertz CT molecular complexity index is 1060. The molecule has 1 amide bonds. The van der Waals surface area contributed by atoms with Crippen LogP contribution in [0.25, 0.3) is 5.70 Å². The lowest BCUT2D eigenvalue weighted by atomic mass is 9.93. The van der Waals surface area contributed by atoms with Crippen molar-refractivity contribution >= 4 is 39.1 Å². The van der Waals surface area contributed by atoms with E-state index < -0.39 is 17.6 Å². The number of amides is 1. The Labute approximate surface area is 179 Å². The second-order valence-corrected chi connectivity index (χ2v) is 7.99. The zero-order valence-corrected chi connectivity index (χ0v) is 17.5. The van der Waals surface area contributed by atoms with E-state index in [2.05, 4.69) is 37.1 Å². The molecule has 0 saturated carbocycles. The number of benzene rings is 2. The van der Waals surface area contributed by atoms with Crippen molar-refractivity contribution in [3.63, 3.8) is 0 Å². The first-order valence-corrected chi connectivity index (χ1v) is 10.2. The lowest BCUT2D eigenvalue weighted by Gasteiger charge is -2.22. The van der Waals surface area contributed by atoms with Crippen LogP contribution in [0.1, 0.15) is 42.4 Å². The highest BCUT2D eigenvalue weighted by Gasteiger charge is 2.38. The molecule has 2 aromatic rings. The van der Waals surface area contributed by atoms with Crippen molar-refractivity contribution in [2.75, 3.05) is 5.32 Å². The number of nitrogens with one attached hydrogen (secondary N) is 3. The molecule has 0 fully saturated rings. The van der Waals surface area contributed by atoms with Gasteiger partial charge in [0.2, 0.25) is 5.84 Å². The lowest BCUT2D eigenvalue weighted by molar-refractivity contribution is -0.137. The number of aliphatic imine (C=N–C) groups is 1. The summed E-state index contributed by atoms with van der Waals surface area (Å²) in [6, 6.07) is 10.7. The summed E-state index contributed by atoms with van der Waals surface area (Å²) in [6.07, 6.45) is -2.96. The third-order valence-electron chi connectivity index (χ3n) is 5.05. The third kappa shape index (κ3) is 3.81. The topological polar surface area (TPSA) is 65.5 Å². The van der Waals surface area contributed by atoms with Gasteiger partial charge in [0.05, 0.1) is 17.0 Å². The van der Waals surface area contributed by atoms with Crippen molar-refractivity contribution in [3.8, 4) is 0 Å². The first-order valence-electron chi connectivity index (χ1n) is 9.41. The van der Waals surface area contributed by atoms with E-state index in [1.54, 1.807) is 24.3 Å². The number of alkyl halides is 3. The molecule has 1 aliphatic carbocycles. The maximum atomic E-state index is 13.2. The molecule has 4 rings (SSSR count). The van der Waals surface area contributed by atoms with Gasteiger partial charge in [0.1, 0.15) is 0 Å². The molecule has 9 heteroatoms. The molecule has 1 aliphatic heterocycles. The largest absolute Gasteiger partial charge is 0.416 e. The van der Waals surface area contributed by atoms with E-state index in [0.717, 1.165) is 17.0 Å². The quantitative estimate of drug-likeness (QED) is 0.567. The summed E-state index contributed by atoms with van der Waals surface area (Å²) >= 11 is 3.33. The van der Waals surface area contributed by atoms with Crippen molar-refractivity contribution in [1.82, 2.24) is 10.9 Å². The van der Waals surface area contributed by atoms with Crippen molar-refractivity contribution in [1.29, 1.82) is 0 Å². The number of hydrogen-bond acceptors (Lipinski definition) is 4. The molecule has 0 radical (unpaired) electrons. The number of hydrazine groups is 1. The summed E-state index contributed by atoms with van der Waals surface area (Å²) in [6.45, 7) is 1.97. The van der Waals surface area contributed by atoms with Crippen LogP contribution in [-0.4, -0.2) is 11.7 Å². The Morgan fingerprint density at radius 3 is 2.57 bits per heavy atom. The van der Waals surface area contributed by atoms with Gasteiger partial charge < -0.3 is 10.7 Å². The van der Waals surface area contributed by atoms with Gasteiger partial charge in [-0.05, 0) is 48.4 Å². The van der Waals surface area contributed by atoms with Crippen LogP contribution in [0.5, 0.6) is 0 Å². The minimum atomic E-state index is -4.42. The molecule has 156 valence electrons. The monoisotopic (exact) mass is 478 g/mol. The maximum absolute atomic E-state index is 13.2. The summed E-state index contributed by atoms with van der Waals surface area (Å²) in [5.74, 6) is -0.655. The zero-order valence-electron chi connectivity index (χ0n) is 15.9. The fraction of sp³-hybridized carbons (Fsp3) is 0.238. The number of allylic oxidation sites excluding steroid dienone is 1. The van der Waals surface area contributed by atoms with Crippen molar-refractivity contribution < 1.29 is 18.0 Å². The number of amidine groups is 1. The Morgan fingerprint density at radius 1 is 1.17 bits per heavy atom. The van der Waals surface area contributed by atoms with E-state index in [9.17, 15) is 18.0 Å². The number of carbonyl (C=O) groups excluding carboxylic acids is 1. The summed E-state index contributed by atoms with van der Waals surface area (Å²) in [4.78, 5) is 17.1. The SMILES string of the molecule is CCC[C@@H]1C2=C(N=C(C(=O)Nc3ccc(Br)cc3)NN2)c2ccc(C(F)(F)F)cc21. The van der Waals surface area contributed by atoms with Crippen molar-refractivity contribution in [3.05, 3.63) is 69.3 Å². The van der Waals surface area contributed by atoms with Gasteiger partial charge in [-0.3, -0.25) is 10.2 Å². The van der Waals surface area contributed by atoms with E-state index in [1.165, 1.54) is 12.1 Å². The van der Waals surface area contributed by atoms with Crippen LogP contribution in [0.4, 0.5) is 18.9 Å². The molecule has 1 heterocycles. The highest BCUT2D eigenvalue weighted by molar-refractivity contribution is 9.10. The molecule has 0 saturated heterocycles. The van der Waals surface area contributed by atoms with E-state index in [0.29, 0.717) is 34.6 Å². The second-order valence-electron chi connectivity index (χ2n) is 7.07. The summed E-state index contributed by atoms with van der Waals surface area (Å²) in [5, 5.41) is 2.74. The highest BCUT2D eigenvalue weighted by atomic mass is 79.9. The zero-order chi connectivity index (χ0) is 21.5. The summed E-state index contributed by atoms with van der Waals surface area (Å²) in [5.41, 5.74) is 8.06. The molecule has 5 nitrogen and oxygen atoms in total.